The van der Waals surface area contributed by atoms with Gasteiger partial charge in [0.05, 0.1) is 0 Å². The second-order valence-corrected chi connectivity index (χ2v) is 4.86. The van der Waals surface area contributed by atoms with Crippen LogP contribution < -0.4 is 5.32 Å². The summed E-state index contributed by atoms with van der Waals surface area (Å²) in [5.41, 5.74) is 1.22. The summed E-state index contributed by atoms with van der Waals surface area (Å²) in [6.07, 6.45) is 6.34. The first-order valence-electron chi connectivity index (χ1n) is 6.20. The topological polar surface area (TPSA) is 37.3 Å². The van der Waals surface area contributed by atoms with Gasteiger partial charge in [-0.2, -0.15) is 0 Å². The predicted octanol–water partition coefficient (Wildman–Crippen LogP) is 1.39. The maximum Gasteiger partial charge on any atom is 0.242 e. The van der Waals surface area contributed by atoms with Gasteiger partial charge in [0, 0.05) is 31.5 Å². The molecule has 0 radical (unpaired) electrons. The predicted molar refractivity (Wildman–Crippen MR) is 67.7 cm³/mol. The molecule has 94 valence electrons. The molecule has 4 nitrogen and oxygen atoms in total. The van der Waals surface area contributed by atoms with Gasteiger partial charge in [0.25, 0.3) is 0 Å². The molecule has 1 aliphatic rings. The zero-order valence-corrected chi connectivity index (χ0v) is 10.8. The quantitative estimate of drug-likeness (QED) is 0.837. The molecule has 1 heterocycles. The van der Waals surface area contributed by atoms with Crippen molar-refractivity contribution in [3.8, 4) is 0 Å². The molecule has 1 aromatic rings. The molecular formula is C13H21N3O. The van der Waals surface area contributed by atoms with E-state index in [1.54, 1.807) is 0 Å². The number of rotatable bonds is 5. The summed E-state index contributed by atoms with van der Waals surface area (Å²) < 4.78 is 1.96. The molecule has 1 aromatic heterocycles. The standard InChI is InChI=1S/C13H21N3O/c1-10(14-2)11-6-7-16(8-11)9-13(17)15(3)12-4-5-12/h6-8,10,12,14H,4-5,9H2,1-3H3. The molecule has 1 N–H and O–H groups in total. The van der Waals surface area contributed by atoms with Crippen LogP contribution in [-0.4, -0.2) is 35.5 Å². The SMILES string of the molecule is CNC(C)c1ccn(CC(=O)N(C)C2CC2)c1. The van der Waals surface area contributed by atoms with Gasteiger partial charge in [0.1, 0.15) is 6.54 Å². The number of hydrogen-bond donors (Lipinski definition) is 1. The van der Waals surface area contributed by atoms with Crippen molar-refractivity contribution < 1.29 is 4.79 Å². The zero-order valence-electron chi connectivity index (χ0n) is 10.8. The molecule has 0 aromatic carbocycles. The van der Waals surface area contributed by atoms with Crippen molar-refractivity contribution in [1.29, 1.82) is 0 Å². The Kier molecular flexibility index (Phi) is 3.52. The number of nitrogens with zero attached hydrogens (tertiary/aromatic N) is 2. The van der Waals surface area contributed by atoms with E-state index < -0.39 is 0 Å². The highest BCUT2D eigenvalue weighted by Crippen LogP contribution is 2.25. The molecule has 0 bridgehead atoms. The van der Waals surface area contributed by atoms with Gasteiger partial charge in [-0.3, -0.25) is 4.79 Å². The normalized spacial score (nSPS) is 16.9. The number of likely N-dealkylation sites (N-methyl/N-ethyl adjacent to an activating group) is 1. The fourth-order valence-corrected chi connectivity index (χ4v) is 1.91. The average molecular weight is 235 g/mol. The minimum Gasteiger partial charge on any atom is -0.345 e. The van der Waals surface area contributed by atoms with Crippen LogP contribution >= 0.6 is 0 Å². The number of hydrogen-bond acceptors (Lipinski definition) is 2. The molecule has 0 spiro atoms. The Morgan fingerprint density at radius 2 is 2.35 bits per heavy atom. The van der Waals surface area contributed by atoms with E-state index in [-0.39, 0.29) is 5.91 Å². The van der Waals surface area contributed by atoms with Crippen LogP contribution in [0.5, 0.6) is 0 Å². The van der Waals surface area contributed by atoms with E-state index in [0.29, 0.717) is 18.6 Å². The van der Waals surface area contributed by atoms with Crippen LogP contribution in [0.3, 0.4) is 0 Å². The summed E-state index contributed by atoms with van der Waals surface area (Å²) in [6.45, 7) is 2.56. The van der Waals surface area contributed by atoms with E-state index in [2.05, 4.69) is 18.3 Å². The lowest BCUT2D eigenvalue weighted by atomic mass is 10.2. The van der Waals surface area contributed by atoms with Crippen LogP contribution in [0.25, 0.3) is 0 Å². The van der Waals surface area contributed by atoms with Crippen molar-refractivity contribution in [2.75, 3.05) is 14.1 Å². The Balaban J connectivity index is 1.94. The smallest absolute Gasteiger partial charge is 0.242 e. The van der Waals surface area contributed by atoms with Crippen LogP contribution in [-0.2, 0) is 11.3 Å². The highest BCUT2D eigenvalue weighted by molar-refractivity contribution is 5.76. The molecule has 1 aliphatic carbocycles. The first-order chi connectivity index (χ1) is 8.11. The molecule has 0 aliphatic heterocycles. The van der Waals surface area contributed by atoms with E-state index in [9.17, 15) is 4.79 Å². The molecule has 1 fully saturated rings. The molecule has 1 saturated carbocycles. The van der Waals surface area contributed by atoms with E-state index in [4.69, 9.17) is 0 Å². The number of amides is 1. The minimum absolute atomic E-state index is 0.201. The fourth-order valence-electron chi connectivity index (χ4n) is 1.91. The second kappa shape index (κ2) is 4.92. The van der Waals surface area contributed by atoms with Gasteiger partial charge in [0.2, 0.25) is 5.91 Å². The molecule has 1 atom stereocenters. The maximum atomic E-state index is 11.9. The number of nitrogens with one attached hydrogen (secondary N) is 1. The Bertz CT molecular complexity index is 395. The first kappa shape index (κ1) is 12.2. The van der Waals surface area contributed by atoms with E-state index in [1.165, 1.54) is 5.56 Å². The first-order valence-corrected chi connectivity index (χ1v) is 6.20. The van der Waals surface area contributed by atoms with Crippen LogP contribution in [0, 0.1) is 0 Å². The average Bonchev–Trinajstić information content (AvgIpc) is 3.08. The Morgan fingerprint density at radius 3 is 2.94 bits per heavy atom. The molecule has 4 heteroatoms. The molecule has 1 unspecified atom stereocenters. The van der Waals surface area contributed by atoms with Crippen molar-refractivity contribution in [2.24, 2.45) is 0 Å². The second-order valence-electron chi connectivity index (χ2n) is 4.86. The highest BCUT2D eigenvalue weighted by Gasteiger charge is 2.29. The monoisotopic (exact) mass is 235 g/mol. The minimum atomic E-state index is 0.201. The van der Waals surface area contributed by atoms with Crippen LogP contribution in [0.4, 0.5) is 0 Å². The van der Waals surface area contributed by atoms with Gasteiger partial charge >= 0.3 is 0 Å². The largest absolute Gasteiger partial charge is 0.345 e. The number of carbonyl (C=O) groups is 1. The van der Waals surface area contributed by atoms with Crippen molar-refractivity contribution in [3.63, 3.8) is 0 Å². The molecule has 0 saturated heterocycles. The summed E-state index contributed by atoms with van der Waals surface area (Å²) in [6, 6.07) is 2.88. The highest BCUT2D eigenvalue weighted by atomic mass is 16.2. The van der Waals surface area contributed by atoms with Gasteiger partial charge in [-0.1, -0.05) is 0 Å². The lowest BCUT2D eigenvalue weighted by molar-refractivity contribution is -0.131. The number of aromatic nitrogens is 1. The third-order valence-corrected chi connectivity index (χ3v) is 3.51. The molecule has 17 heavy (non-hydrogen) atoms. The van der Waals surface area contributed by atoms with Crippen molar-refractivity contribution in [2.45, 2.75) is 38.4 Å². The molecular weight excluding hydrogens is 214 g/mol. The van der Waals surface area contributed by atoms with Gasteiger partial charge in [-0.05, 0) is 38.4 Å². The van der Waals surface area contributed by atoms with Crippen molar-refractivity contribution in [1.82, 2.24) is 14.8 Å². The molecule has 2 rings (SSSR count). The summed E-state index contributed by atoms with van der Waals surface area (Å²) in [5, 5.41) is 3.19. The third kappa shape index (κ3) is 2.88. The summed E-state index contributed by atoms with van der Waals surface area (Å²) in [4.78, 5) is 13.8. The van der Waals surface area contributed by atoms with E-state index in [0.717, 1.165) is 12.8 Å². The lowest BCUT2D eigenvalue weighted by Crippen LogP contribution is -2.31. The van der Waals surface area contributed by atoms with Gasteiger partial charge in [-0.25, -0.2) is 0 Å². The number of carbonyl (C=O) groups excluding carboxylic acids is 1. The van der Waals surface area contributed by atoms with Gasteiger partial charge in [0.15, 0.2) is 0 Å². The Hall–Kier alpha value is -1.29. The van der Waals surface area contributed by atoms with Crippen LogP contribution in [0.1, 0.15) is 31.4 Å². The fraction of sp³-hybridized carbons (Fsp3) is 0.615. The van der Waals surface area contributed by atoms with Gasteiger partial charge < -0.3 is 14.8 Å². The summed E-state index contributed by atoms with van der Waals surface area (Å²) in [7, 11) is 3.84. The van der Waals surface area contributed by atoms with E-state index in [1.807, 2.05) is 36.0 Å². The lowest BCUT2D eigenvalue weighted by Gasteiger charge is -2.16. The van der Waals surface area contributed by atoms with E-state index >= 15 is 0 Å². The Labute approximate surface area is 103 Å². The maximum absolute atomic E-state index is 11.9. The van der Waals surface area contributed by atoms with Crippen LogP contribution in [0.15, 0.2) is 18.5 Å². The molecule has 1 amide bonds. The zero-order chi connectivity index (χ0) is 12.4. The van der Waals surface area contributed by atoms with Crippen molar-refractivity contribution in [3.05, 3.63) is 24.0 Å². The van der Waals surface area contributed by atoms with Gasteiger partial charge in [-0.15, -0.1) is 0 Å². The Morgan fingerprint density at radius 1 is 1.65 bits per heavy atom. The third-order valence-electron chi connectivity index (χ3n) is 3.51. The van der Waals surface area contributed by atoms with Crippen LogP contribution in [0.2, 0.25) is 0 Å². The summed E-state index contributed by atoms with van der Waals surface area (Å²) in [5.74, 6) is 0.201. The van der Waals surface area contributed by atoms with Crippen molar-refractivity contribution >= 4 is 5.91 Å². The summed E-state index contributed by atoms with van der Waals surface area (Å²) >= 11 is 0.